The zero-order valence-electron chi connectivity index (χ0n) is 11.4. The van der Waals surface area contributed by atoms with Crippen LogP contribution in [0, 0.1) is 5.82 Å². The molecule has 0 saturated carbocycles. The molecule has 1 aromatic heterocycles. The minimum absolute atomic E-state index is 0.230. The smallest absolute Gasteiger partial charge is 0.249 e. The van der Waals surface area contributed by atoms with Gasteiger partial charge in [-0.15, -0.1) is 5.10 Å². The molecule has 1 aliphatic heterocycles. The molecular weight excluding hydrogens is 273 g/mol. The van der Waals surface area contributed by atoms with E-state index in [0.717, 1.165) is 19.4 Å². The van der Waals surface area contributed by atoms with Gasteiger partial charge in [0, 0.05) is 18.8 Å². The van der Waals surface area contributed by atoms with Crippen LogP contribution in [0.3, 0.4) is 0 Å². The molecule has 2 N–H and O–H groups in total. The molecule has 1 aliphatic rings. The molecule has 1 saturated heterocycles. The molecule has 0 bridgehead atoms. The van der Waals surface area contributed by atoms with Crippen molar-refractivity contribution in [1.29, 1.82) is 0 Å². The van der Waals surface area contributed by atoms with Crippen molar-refractivity contribution in [3.8, 4) is 0 Å². The second kappa shape index (κ2) is 6.45. The van der Waals surface area contributed by atoms with E-state index >= 15 is 0 Å². The molecule has 21 heavy (non-hydrogen) atoms. The third-order valence-corrected chi connectivity index (χ3v) is 3.19. The van der Waals surface area contributed by atoms with Crippen molar-refractivity contribution in [1.82, 2.24) is 15.2 Å². The zero-order valence-corrected chi connectivity index (χ0v) is 11.4. The van der Waals surface area contributed by atoms with Crippen LogP contribution in [-0.4, -0.2) is 34.4 Å². The molecule has 6 nitrogen and oxygen atoms in total. The second-order valence-corrected chi connectivity index (χ2v) is 4.81. The summed E-state index contributed by atoms with van der Waals surface area (Å²) in [6, 6.07) is 5.97. The van der Waals surface area contributed by atoms with Crippen molar-refractivity contribution in [3.05, 3.63) is 36.3 Å². The molecular formula is C14H16FN5O. The summed E-state index contributed by atoms with van der Waals surface area (Å²) in [6.07, 6.45) is 3.96. The molecule has 3 rings (SSSR count). The van der Waals surface area contributed by atoms with Crippen molar-refractivity contribution in [3.63, 3.8) is 0 Å². The number of nitrogens with zero attached hydrogens (tertiary/aromatic N) is 3. The summed E-state index contributed by atoms with van der Waals surface area (Å²) < 4.78 is 18.4. The first-order valence-electron chi connectivity index (χ1n) is 6.87. The lowest BCUT2D eigenvalue weighted by atomic mass is 10.2. The van der Waals surface area contributed by atoms with Crippen LogP contribution < -0.4 is 10.6 Å². The van der Waals surface area contributed by atoms with Gasteiger partial charge in [0.15, 0.2) is 5.82 Å². The third-order valence-electron chi connectivity index (χ3n) is 3.19. The van der Waals surface area contributed by atoms with Gasteiger partial charge in [0.2, 0.25) is 5.95 Å². The third kappa shape index (κ3) is 3.85. The first-order valence-corrected chi connectivity index (χ1v) is 6.87. The van der Waals surface area contributed by atoms with E-state index in [1.807, 2.05) is 0 Å². The number of hydrogen-bond donors (Lipinski definition) is 2. The van der Waals surface area contributed by atoms with E-state index < -0.39 is 0 Å². The fraction of sp³-hybridized carbons (Fsp3) is 0.357. The van der Waals surface area contributed by atoms with Crippen LogP contribution in [0.4, 0.5) is 21.8 Å². The van der Waals surface area contributed by atoms with Gasteiger partial charge in [0.05, 0.1) is 12.3 Å². The average molecular weight is 289 g/mol. The van der Waals surface area contributed by atoms with Crippen molar-refractivity contribution in [2.45, 2.75) is 18.9 Å². The van der Waals surface area contributed by atoms with E-state index in [-0.39, 0.29) is 11.9 Å². The molecule has 1 aromatic carbocycles. The monoisotopic (exact) mass is 289 g/mol. The summed E-state index contributed by atoms with van der Waals surface area (Å²) in [5.74, 6) is 0.704. The SMILES string of the molecule is Fc1ccc(Nc2nncc(NCC3CCCO3)n2)cc1. The molecule has 110 valence electrons. The largest absolute Gasteiger partial charge is 0.376 e. The van der Waals surface area contributed by atoms with E-state index in [1.165, 1.54) is 12.1 Å². The van der Waals surface area contributed by atoms with Gasteiger partial charge in [-0.3, -0.25) is 0 Å². The highest BCUT2D eigenvalue weighted by atomic mass is 19.1. The van der Waals surface area contributed by atoms with Crippen LogP contribution in [-0.2, 0) is 4.74 Å². The molecule has 0 spiro atoms. The Morgan fingerprint density at radius 2 is 2.14 bits per heavy atom. The summed E-state index contributed by atoms with van der Waals surface area (Å²) >= 11 is 0. The van der Waals surface area contributed by atoms with Crippen molar-refractivity contribution < 1.29 is 9.13 Å². The van der Waals surface area contributed by atoms with Gasteiger partial charge < -0.3 is 15.4 Å². The quantitative estimate of drug-likeness (QED) is 0.880. The number of anilines is 3. The summed E-state index contributed by atoms with van der Waals surface area (Å²) in [4.78, 5) is 4.31. The number of ether oxygens (including phenoxy) is 1. The Kier molecular flexibility index (Phi) is 4.20. The van der Waals surface area contributed by atoms with Gasteiger partial charge in [0.25, 0.3) is 0 Å². The number of rotatable bonds is 5. The number of halogens is 1. The lowest BCUT2D eigenvalue weighted by Gasteiger charge is -2.11. The van der Waals surface area contributed by atoms with E-state index in [9.17, 15) is 4.39 Å². The van der Waals surface area contributed by atoms with Gasteiger partial charge >= 0.3 is 0 Å². The van der Waals surface area contributed by atoms with Gasteiger partial charge in [-0.1, -0.05) is 0 Å². The van der Waals surface area contributed by atoms with E-state index in [0.29, 0.717) is 24.0 Å². The van der Waals surface area contributed by atoms with Crippen LogP contribution >= 0.6 is 0 Å². The first kappa shape index (κ1) is 13.7. The van der Waals surface area contributed by atoms with E-state index in [2.05, 4.69) is 25.8 Å². The fourth-order valence-electron chi connectivity index (χ4n) is 2.13. The number of nitrogens with one attached hydrogen (secondary N) is 2. The molecule has 0 aliphatic carbocycles. The topological polar surface area (TPSA) is 72.0 Å². The van der Waals surface area contributed by atoms with Crippen LogP contribution in [0.15, 0.2) is 30.5 Å². The second-order valence-electron chi connectivity index (χ2n) is 4.81. The van der Waals surface area contributed by atoms with Crippen LogP contribution in [0.2, 0.25) is 0 Å². The van der Waals surface area contributed by atoms with Crippen LogP contribution in [0.5, 0.6) is 0 Å². The highest BCUT2D eigenvalue weighted by Crippen LogP contribution is 2.15. The summed E-state index contributed by atoms with van der Waals surface area (Å²) in [5.41, 5.74) is 0.703. The minimum Gasteiger partial charge on any atom is -0.376 e. The lowest BCUT2D eigenvalue weighted by molar-refractivity contribution is 0.120. The summed E-state index contributed by atoms with van der Waals surface area (Å²) in [6.45, 7) is 1.53. The molecule has 1 unspecified atom stereocenters. The molecule has 1 fully saturated rings. The predicted molar refractivity (Wildman–Crippen MR) is 77.0 cm³/mol. The molecule has 1 atom stereocenters. The fourth-order valence-corrected chi connectivity index (χ4v) is 2.13. The highest BCUT2D eigenvalue weighted by molar-refractivity contribution is 5.53. The zero-order chi connectivity index (χ0) is 14.5. The van der Waals surface area contributed by atoms with Crippen molar-refractivity contribution in [2.75, 3.05) is 23.8 Å². The number of aromatic nitrogens is 3. The maximum atomic E-state index is 12.8. The molecule has 2 heterocycles. The van der Waals surface area contributed by atoms with Gasteiger partial charge in [0.1, 0.15) is 5.82 Å². The Balaban J connectivity index is 1.60. The number of hydrogen-bond acceptors (Lipinski definition) is 6. The van der Waals surface area contributed by atoms with Gasteiger partial charge in [-0.25, -0.2) is 4.39 Å². The lowest BCUT2D eigenvalue weighted by Crippen LogP contribution is -2.19. The molecule has 0 amide bonds. The Bertz CT molecular complexity index is 586. The van der Waals surface area contributed by atoms with Gasteiger partial charge in [-0.05, 0) is 37.1 Å². The molecule has 0 radical (unpaired) electrons. The standard InChI is InChI=1S/C14H16FN5O/c15-10-3-5-11(6-4-10)18-14-19-13(9-17-20-14)16-8-12-2-1-7-21-12/h3-6,9,12H,1-2,7-8H2,(H2,16,18,19,20). The van der Waals surface area contributed by atoms with Crippen molar-refractivity contribution in [2.24, 2.45) is 0 Å². The van der Waals surface area contributed by atoms with E-state index in [1.54, 1.807) is 18.3 Å². The normalized spacial score (nSPS) is 17.7. The average Bonchev–Trinajstić information content (AvgIpc) is 3.01. The van der Waals surface area contributed by atoms with E-state index in [4.69, 9.17) is 4.74 Å². The molecule has 2 aromatic rings. The van der Waals surface area contributed by atoms with Crippen LogP contribution in [0.1, 0.15) is 12.8 Å². The molecule has 7 heteroatoms. The predicted octanol–water partition coefficient (Wildman–Crippen LogP) is 2.35. The Morgan fingerprint density at radius 3 is 2.90 bits per heavy atom. The summed E-state index contributed by atoms with van der Waals surface area (Å²) in [5, 5.41) is 14.0. The summed E-state index contributed by atoms with van der Waals surface area (Å²) in [7, 11) is 0. The minimum atomic E-state index is -0.286. The first-order chi connectivity index (χ1) is 10.3. The Morgan fingerprint density at radius 1 is 1.29 bits per heavy atom. The maximum Gasteiger partial charge on any atom is 0.249 e. The van der Waals surface area contributed by atoms with Crippen molar-refractivity contribution >= 4 is 17.5 Å². The Hall–Kier alpha value is -2.28. The van der Waals surface area contributed by atoms with Crippen LogP contribution in [0.25, 0.3) is 0 Å². The van der Waals surface area contributed by atoms with Gasteiger partial charge in [-0.2, -0.15) is 10.1 Å². The Labute approximate surface area is 121 Å². The highest BCUT2D eigenvalue weighted by Gasteiger charge is 2.15. The maximum absolute atomic E-state index is 12.8. The number of benzene rings is 1.